The molecule has 1 aliphatic carbocycles. The molecule has 0 aromatic heterocycles. The minimum Gasteiger partial charge on any atom is -0.469 e. The maximum absolute atomic E-state index is 12.4. The molecule has 1 rings (SSSR count). The molecule has 116 valence electrons. The van der Waals surface area contributed by atoms with Crippen molar-refractivity contribution in [1.82, 2.24) is 10.2 Å². The molecule has 0 heterocycles. The van der Waals surface area contributed by atoms with Crippen molar-refractivity contribution in [2.75, 3.05) is 27.7 Å². The number of ether oxygens (including phenoxy) is 1. The van der Waals surface area contributed by atoms with Crippen molar-refractivity contribution in [1.29, 1.82) is 0 Å². The second-order valence-electron chi connectivity index (χ2n) is 5.97. The van der Waals surface area contributed by atoms with Gasteiger partial charge in [-0.05, 0) is 19.9 Å². The average Bonchev–Trinajstić information content (AvgIpc) is 2.47. The summed E-state index contributed by atoms with van der Waals surface area (Å²) in [7, 11) is 5.07. The molecule has 1 fully saturated rings. The number of methoxy groups -OCH3 is 1. The Morgan fingerprint density at radius 3 is 2.40 bits per heavy atom. The third-order valence-electron chi connectivity index (χ3n) is 4.41. The van der Waals surface area contributed by atoms with Gasteiger partial charge in [-0.2, -0.15) is 0 Å². The van der Waals surface area contributed by atoms with Gasteiger partial charge in [0.2, 0.25) is 5.91 Å². The predicted molar refractivity (Wildman–Crippen MR) is 78.3 cm³/mol. The molecule has 0 aromatic carbocycles. The molecule has 0 aromatic rings. The van der Waals surface area contributed by atoms with Gasteiger partial charge in [0.15, 0.2) is 0 Å². The number of nitrogens with zero attached hydrogens (tertiary/aromatic N) is 1. The van der Waals surface area contributed by atoms with E-state index in [1.165, 1.54) is 26.4 Å². The van der Waals surface area contributed by atoms with Crippen molar-refractivity contribution < 1.29 is 14.3 Å². The van der Waals surface area contributed by atoms with Gasteiger partial charge in [0.05, 0.1) is 13.0 Å². The second-order valence-corrected chi connectivity index (χ2v) is 5.97. The first-order chi connectivity index (χ1) is 9.44. The summed E-state index contributed by atoms with van der Waals surface area (Å²) in [5.41, 5.74) is -0.0574. The van der Waals surface area contributed by atoms with Crippen molar-refractivity contribution >= 4 is 11.9 Å². The van der Waals surface area contributed by atoms with Gasteiger partial charge in [0, 0.05) is 25.6 Å². The zero-order chi connectivity index (χ0) is 15.2. The summed E-state index contributed by atoms with van der Waals surface area (Å²) in [6.45, 7) is 2.19. The highest BCUT2D eigenvalue weighted by molar-refractivity contribution is 5.78. The number of rotatable bonds is 6. The number of amides is 1. The highest BCUT2D eigenvalue weighted by atomic mass is 16.5. The molecule has 0 aliphatic heterocycles. The Bertz CT molecular complexity index is 338. The van der Waals surface area contributed by atoms with Crippen LogP contribution in [0.1, 0.15) is 45.4 Å². The van der Waals surface area contributed by atoms with E-state index in [0.717, 1.165) is 12.8 Å². The third-order valence-corrected chi connectivity index (χ3v) is 4.41. The Morgan fingerprint density at radius 1 is 1.30 bits per heavy atom. The lowest BCUT2D eigenvalue weighted by atomic mass is 9.79. The van der Waals surface area contributed by atoms with E-state index in [9.17, 15) is 9.59 Å². The smallest absolute Gasteiger partial charge is 0.310 e. The number of esters is 1. The zero-order valence-electron chi connectivity index (χ0n) is 13.2. The minimum absolute atomic E-state index is 0.0574. The van der Waals surface area contributed by atoms with E-state index >= 15 is 0 Å². The van der Waals surface area contributed by atoms with Crippen LogP contribution >= 0.6 is 0 Å². The van der Waals surface area contributed by atoms with E-state index in [4.69, 9.17) is 4.74 Å². The van der Waals surface area contributed by atoms with Gasteiger partial charge in [-0.15, -0.1) is 0 Å². The second kappa shape index (κ2) is 7.62. The Kier molecular flexibility index (Phi) is 6.46. The van der Waals surface area contributed by atoms with E-state index in [0.29, 0.717) is 13.0 Å². The van der Waals surface area contributed by atoms with Gasteiger partial charge >= 0.3 is 5.97 Å². The molecule has 1 N–H and O–H groups in total. The summed E-state index contributed by atoms with van der Waals surface area (Å²) < 4.78 is 4.69. The average molecular weight is 284 g/mol. The van der Waals surface area contributed by atoms with Crippen molar-refractivity contribution in [3.63, 3.8) is 0 Å². The van der Waals surface area contributed by atoms with Crippen LogP contribution in [0.4, 0.5) is 0 Å². The normalized spacial score (nSPS) is 19.2. The Morgan fingerprint density at radius 2 is 1.90 bits per heavy atom. The van der Waals surface area contributed by atoms with Crippen LogP contribution in [0.3, 0.4) is 0 Å². The maximum Gasteiger partial charge on any atom is 0.310 e. The highest BCUT2D eigenvalue weighted by Gasteiger charge is 2.33. The SMILES string of the molecule is CNC1(CC(=O)N(C)CC(C)C(=O)OC)CCCCC1. The molecule has 0 bridgehead atoms. The molecule has 1 saturated carbocycles. The molecule has 20 heavy (non-hydrogen) atoms. The Labute approximate surface area is 122 Å². The van der Waals surface area contributed by atoms with Gasteiger partial charge in [0.1, 0.15) is 0 Å². The van der Waals surface area contributed by atoms with Gasteiger partial charge in [0.25, 0.3) is 0 Å². The largest absolute Gasteiger partial charge is 0.469 e. The number of carbonyl (C=O) groups excluding carboxylic acids is 2. The maximum atomic E-state index is 12.4. The van der Waals surface area contributed by atoms with Crippen LogP contribution in [-0.4, -0.2) is 50.1 Å². The van der Waals surface area contributed by atoms with Crippen LogP contribution in [0.2, 0.25) is 0 Å². The van der Waals surface area contributed by atoms with Gasteiger partial charge in [-0.3, -0.25) is 9.59 Å². The molecule has 1 amide bonds. The van der Waals surface area contributed by atoms with Crippen molar-refractivity contribution in [2.24, 2.45) is 5.92 Å². The molecule has 0 radical (unpaired) electrons. The molecule has 0 saturated heterocycles. The fraction of sp³-hybridized carbons (Fsp3) is 0.867. The molecule has 1 atom stereocenters. The van der Waals surface area contributed by atoms with E-state index in [1.807, 2.05) is 7.05 Å². The fourth-order valence-corrected chi connectivity index (χ4v) is 2.96. The van der Waals surface area contributed by atoms with E-state index in [1.54, 1.807) is 18.9 Å². The van der Waals surface area contributed by atoms with Crippen molar-refractivity contribution in [3.8, 4) is 0 Å². The number of carbonyl (C=O) groups is 2. The first-order valence-corrected chi connectivity index (χ1v) is 7.45. The number of hydrogen-bond donors (Lipinski definition) is 1. The van der Waals surface area contributed by atoms with Crippen molar-refractivity contribution in [2.45, 2.75) is 51.0 Å². The lowest BCUT2D eigenvalue weighted by molar-refractivity contribution is -0.146. The Hall–Kier alpha value is -1.10. The van der Waals surface area contributed by atoms with Crippen LogP contribution in [0, 0.1) is 5.92 Å². The first-order valence-electron chi connectivity index (χ1n) is 7.45. The molecule has 5 nitrogen and oxygen atoms in total. The van der Waals surface area contributed by atoms with Gasteiger partial charge in [-0.25, -0.2) is 0 Å². The summed E-state index contributed by atoms with van der Waals surface area (Å²) in [6, 6.07) is 0. The number of hydrogen-bond acceptors (Lipinski definition) is 4. The Balaban J connectivity index is 2.53. The summed E-state index contributed by atoms with van der Waals surface area (Å²) in [6.07, 6.45) is 6.22. The van der Waals surface area contributed by atoms with E-state index in [-0.39, 0.29) is 23.3 Å². The molecular formula is C15H28N2O3. The van der Waals surface area contributed by atoms with E-state index in [2.05, 4.69) is 5.32 Å². The predicted octanol–water partition coefficient (Wildman–Crippen LogP) is 1.57. The summed E-state index contributed by atoms with van der Waals surface area (Å²) >= 11 is 0. The fourth-order valence-electron chi connectivity index (χ4n) is 2.96. The van der Waals surface area contributed by atoms with Crippen LogP contribution in [0.25, 0.3) is 0 Å². The molecule has 5 heteroatoms. The summed E-state index contributed by atoms with van der Waals surface area (Å²) in [5.74, 6) is -0.464. The van der Waals surface area contributed by atoms with Crippen LogP contribution < -0.4 is 5.32 Å². The van der Waals surface area contributed by atoms with Gasteiger partial charge in [-0.1, -0.05) is 26.2 Å². The highest BCUT2D eigenvalue weighted by Crippen LogP contribution is 2.31. The minimum atomic E-state index is -0.286. The topological polar surface area (TPSA) is 58.6 Å². The van der Waals surface area contributed by atoms with Crippen LogP contribution in [-0.2, 0) is 14.3 Å². The first kappa shape index (κ1) is 17.0. The van der Waals surface area contributed by atoms with E-state index < -0.39 is 0 Å². The van der Waals surface area contributed by atoms with Crippen molar-refractivity contribution in [3.05, 3.63) is 0 Å². The molecular weight excluding hydrogens is 256 g/mol. The molecule has 1 aliphatic rings. The standard InChI is InChI=1S/C15H28N2O3/c1-12(14(19)20-4)11-17(3)13(18)10-15(16-2)8-6-5-7-9-15/h12,16H,5-11H2,1-4H3. The molecule has 1 unspecified atom stereocenters. The quantitative estimate of drug-likeness (QED) is 0.752. The lowest BCUT2D eigenvalue weighted by Crippen LogP contribution is -2.49. The third kappa shape index (κ3) is 4.47. The lowest BCUT2D eigenvalue weighted by Gasteiger charge is -2.37. The van der Waals surface area contributed by atoms with Gasteiger partial charge < -0.3 is 15.0 Å². The van der Waals surface area contributed by atoms with Crippen LogP contribution in [0.15, 0.2) is 0 Å². The molecule has 0 spiro atoms. The summed E-state index contributed by atoms with van der Waals surface area (Å²) in [5, 5.41) is 3.35. The monoisotopic (exact) mass is 284 g/mol. The summed E-state index contributed by atoms with van der Waals surface area (Å²) in [4.78, 5) is 25.4. The zero-order valence-corrected chi connectivity index (χ0v) is 13.2. The van der Waals surface area contributed by atoms with Crippen LogP contribution in [0.5, 0.6) is 0 Å². The number of nitrogens with one attached hydrogen (secondary N) is 1.